The van der Waals surface area contributed by atoms with Crippen molar-refractivity contribution in [2.45, 2.75) is 23.9 Å². The zero-order chi connectivity index (χ0) is 18.4. The van der Waals surface area contributed by atoms with Crippen LogP contribution in [0.25, 0.3) is 0 Å². The van der Waals surface area contributed by atoms with Crippen molar-refractivity contribution in [3.8, 4) is 0 Å². The molecule has 134 valence electrons. The van der Waals surface area contributed by atoms with E-state index in [2.05, 4.69) is 15.5 Å². The largest absolute Gasteiger partial charge is 0.411 e. The second-order valence-electron chi connectivity index (χ2n) is 5.65. The van der Waals surface area contributed by atoms with Crippen molar-refractivity contribution in [2.24, 2.45) is 0 Å². The Morgan fingerprint density at radius 2 is 1.54 bits per heavy atom. The highest BCUT2D eigenvalue weighted by molar-refractivity contribution is 7.90. The Balaban J connectivity index is 1.58. The fourth-order valence-electron chi connectivity index (χ4n) is 2.31. The molecule has 2 aromatic carbocycles. The van der Waals surface area contributed by atoms with Gasteiger partial charge in [-0.2, -0.15) is 0 Å². The molecule has 0 aliphatic carbocycles. The fraction of sp³-hybridized carbons (Fsp3) is 0.167. The van der Waals surface area contributed by atoms with Gasteiger partial charge in [-0.15, -0.1) is 5.10 Å². The molecule has 0 saturated carbocycles. The molecule has 0 bridgehead atoms. The Hall–Kier alpha value is -3.00. The van der Waals surface area contributed by atoms with Crippen molar-refractivity contribution in [1.29, 1.82) is 0 Å². The summed E-state index contributed by atoms with van der Waals surface area (Å²) in [5.74, 6) is -0.406. The number of hydrogen-bond donors (Lipinski definition) is 1. The summed E-state index contributed by atoms with van der Waals surface area (Å²) in [5.41, 5.74) is 1.50. The van der Waals surface area contributed by atoms with Crippen molar-refractivity contribution in [2.75, 3.05) is 0 Å². The molecule has 1 aromatic heterocycles. The molecule has 0 unspecified atom stereocenters. The third kappa shape index (κ3) is 4.76. The second-order valence-corrected chi connectivity index (χ2v) is 7.51. The summed E-state index contributed by atoms with van der Waals surface area (Å²) in [6.07, 6.45) is 0.216. The van der Waals surface area contributed by atoms with Gasteiger partial charge < -0.3 is 9.73 Å². The van der Waals surface area contributed by atoms with Crippen molar-refractivity contribution in [3.05, 3.63) is 77.7 Å². The van der Waals surface area contributed by atoms with Crippen LogP contribution in [0.2, 0.25) is 0 Å². The van der Waals surface area contributed by atoms with Gasteiger partial charge in [0.1, 0.15) is 0 Å². The number of aromatic nitrogens is 2. The van der Waals surface area contributed by atoms with Gasteiger partial charge in [0.15, 0.2) is 0 Å². The Morgan fingerprint density at radius 1 is 0.923 bits per heavy atom. The Labute approximate surface area is 151 Å². The van der Waals surface area contributed by atoms with Crippen molar-refractivity contribution >= 4 is 15.7 Å². The van der Waals surface area contributed by atoms with Crippen LogP contribution in [-0.4, -0.2) is 24.5 Å². The summed E-state index contributed by atoms with van der Waals surface area (Å²) < 4.78 is 29.8. The van der Waals surface area contributed by atoms with Crippen LogP contribution in [0.5, 0.6) is 0 Å². The number of rotatable bonds is 7. The van der Waals surface area contributed by atoms with Crippen LogP contribution in [0.3, 0.4) is 0 Å². The van der Waals surface area contributed by atoms with Crippen LogP contribution >= 0.6 is 0 Å². The smallest absolute Gasteiger partial charge is 0.335 e. The molecule has 1 heterocycles. The molecule has 0 aliphatic rings. The average Bonchev–Trinajstić information content (AvgIpc) is 3.11. The summed E-state index contributed by atoms with van der Waals surface area (Å²) in [4.78, 5) is 11.9. The van der Waals surface area contributed by atoms with E-state index in [-0.39, 0.29) is 30.5 Å². The molecule has 0 aliphatic heterocycles. The van der Waals surface area contributed by atoms with Gasteiger partial charge in [0.05, 0.1) is 18.7 Å². The molecule has 0 spiro atoms. The molecule has 1 amide bonds. The highest BCUT2D eigenvalue weighted by Gasteiger charge is 2.23. The minimum atomic E-state index is -3.73. The highest BCUT2D eigenvalue weighted by atomic mass is 32.2. The number of benzene rings is 2. The first kappa shape index (κ1) is 17.8. The number of amides is 1. The molecule has 3 rings (SSSR count). The zero-order valence-corrected chi connectivity index (χ0v) is 14.6. The standard InChI is InChI=1S/C18H17N3O4S/c22-16(11-14-7-3-1-4-8-14)19-12-17-20-21-18(25-17)26(23,24)13-15-9-5-2-6-10-15/h1-10H,11-13H2,(H,19,22). The molecule has 0 fully saturated rings. The predicted molar refractivity (Wildman–Crippen MR) is 93.6 cm³/mol. The Bertz CT molecular complexity index is 970. The first-order valence-corrected chi connectivity index (χ1v) is 9.58. The minimum absolute atomic E-state index is 0.0283. The highest BCUT2D eigenvalue weighted by Crippen LogP contribution is 2.15. The number of nitrogens with one attached hydrogen (secondary N) is 1. The van der Waals surface area contributed by atoms with E-state index in [9.17, 15) is 13.2 Å². The molecule has 0 atom stereocenters. The van der Waals surface area contributed by atoms with E-state index >= 15 is 0 Å². The Kier molecular flexibility index (Phi) is 5.43. The normalized spacial score (nSPS) is 11.2. The SMILES string of the molecule is O=C(Cc1ccccc1)NCc1nnc(S(=O)(=O)Cc2ccccc2)o1. The van der Waals surface area contributed by atoms with Crippen molar-refractivity contribution < 1.29 is 17.6 Å². The first-order valence-electron chi connectivity index (χ1n) is 7.92. The third-order valence-corrected chi connectivity index (χ3v) is 4.97. The lowest BCUT2D eigenvalue weighted by molar-refractivity contribution is -0.120. The molecule has 0 radical (unpaired) electrons. The van der Waals surface area contributed by atoms with Crippen LogP contribution in [0.1, 0.15) is 17.0 Å². The summed E-state index contributed by atoms with van der Waals surface area (Å²) in [6.45, 7) is -0.0283. The molecular weight excluding hydrogens is 354 g/mol. The van der Waals surface area contributed by atoms with Crippen LogP contribution < -0.4 is 5.32 Å². The maximum Gasteiger partial charge on any atom is 0.335 e. The van der Waals surface area contributed by atoms with Gasteiger partial charge in [0, 0.05) is 0 Å². The number of hydrogen-bond acceptors (Lipinski definition) is 6. The van der Waals surface area contributed by atoms with E-state index in [1.807, 2.05) is 30.3 Å². The number of nitrogens with zero attached hydrogens (tertiary/aromatic N) is 2. The monoisotopic (exact) mass is 371 g/mol. The summed E-state index contributed by atoms with van der Waals surface area (Å²) in [6, 6.07) is 18.0. The quantitative estimate of drug-likeness (QED) is 0.680. The molecule has 7 nitrogen and oxygen atoms in total. The lowest BCUT2D eigenvalue weighted by atomic mass is 10.1. The van der Waals surface area contributed by atoms with E-state index in [0.717, 1.165) is 5.56 Å². The van der Waals surface area contributed by atoms with Gasteiger partial charge >= 0.3 is 5.22 Å². The number of carbonyl (C=O) groups excluding carboxylic acids is 1. The average molecular weight is 371 g/mol. The number of carbonyl (C=O) groups is 1. The maximum absolute atomic E-state index is 12.3. The maximum atomic E-state index is 12.3. The van der Waals surface area contributed by atoms with E-state index in [0.29, 0.717) is 5.56 Å². The summed E-state index contributed by atoms with van der Waals surface area (Å²) in [7, 11) is -3.73. The third-order valence-electron chi connectivity index (χ3n) is 3.56. The van der Waals surface area contributed by atoms with E-state index in [1.54, 1.807) is 30.3 Å². The number of sulfone groups is 1. The van der Waals surface area contributed by atoms with Gasteiger partial charge in [-0.3, -0.25) is 4.79 Å². The van der Waals surface area contributed by atoms with Crippen LogP contribution in [0.15, 0.2) is 70.3 Å². The molecule has 3 aromatic rings. The van der Waals surface area contributed by atoms with E-state index in [4.69, 9.17) is 4.42 Å². The summed E-state index contributed by atoms with van der Waals surface area (Å²) in [5, 5.41) is 9.46. The lowest BCUT2D eigenvalue weighted by Gasteiger charge is -2.02. The lowest BCUT2D eigenvalue weighted by Crippen LogP contribution is -2.24. The van der Waals surface area contributed by atoms with Crippen LogP contribution in [-0.2, 0) is 33.4 Å². The minimum Gasteiger partial charge on any atom is -0.411 e. The fourth-order valence-corrected chi connectivity index (χ4v) is 3.45. The van der Waals surface area contributed by atoms with Crippen LogP contribution in [0, 0.1) is 0 Å². The van der Waals surface area contributed by atoms with Crippen molar-refractivity contribution in [3.63, 3.8) is 0 Å². The van der Waals surface area contributed by atoms with E-state index < -0.39 is 15.1 Å². The molecule has 8 heteroatoms. The van der Waals surface area contributed by atoms with Gasteiger partial charge in [-0.25, -0.2) is 8.42 Å². The zero-order valence-electron chi connectivity index (χ0n) is 13.8. The van der Waals surface area contributed by atoms with Gasteiger partial charge in [0.25, 0.3) is 0 Å². The van der Waals surface area contributed by atoms with Gasteiger partial charge in [0.2, 0.25) is 21.6 Å². The molecule has 26 heavy (non-hydrogen) atoms. The topological polar surface area (TPSA) is 102 Å². The Morgan fingerprint density at radius 3 is 2.19 bits per heavy atom. The van der Waals surface area contributed by atoms with Gasteiger partial charge in [-0.05, 0) is 11.1 Å². The van der Waals surface area contributed by atoms with Gasteiger partial charge in [-0.1, -0.05) is 65.8 Å². The molecular formula is C18H17N3O4S. The predicted octanol–water partition coefficient (Wildman–Crippen LogP) is 1.90. The second kappa shape index (κ2) is 7.92. The van der Waals surface area contributed by atoms with E-state index in [1.165, 1.54) is 0 Å². The molecule has 1 N–H and O–H groups in total. The summed E-state index contributed by atoms with van der Waals surface area (Å²) >= 11 is 0. The van der Waals surface area contributed by atoms with Crippen LogP contribution in [0.4, 0.5) is 0 Å². The van der Waals surface area contributed by atoms with Crippen molar-refractivity contribution in [1.82, 2.24) is 15.5 Å². The first-order chi connectivity index (χ1) is 12.5. The molecule has 0 saturated heterocycles.